The Kier molecular flexibility index (Phi) is 5.81. The van der Waals surface area contributed by atoms with Gasteiger partial charge in [-0.3, -0.25) is 0 Å². The van der Waals surface area contributed by atoms with E-state index in [0.29, 0.717) is 19.1 Å². The predicted octanol–water partition coefficient (Wildman–Crippen LogP) is 4.56. The fourth-order valence-electron chi connectivity index (χ4n) is 2.76. The lowest BCUT2D eigenvalue weighted by Gasteiger charge is -2.14. The van der Waals surface area contributed by atoms with Crippen molar-refractivity contribution in [2.24, 2.45) is 0 Å². The third kappa shape index (κ3) is 4.37. The molecule has 2 N–H and O–H groups in total. The smallest absolute Gasteiger partial charge is 0.229 e. The molecule has 0 spiro atoms. The maximum absolute atomic E-state index is 5.11. The Morgan fingerprint density at radius 3 is 2.35 bits per heavy atom. The van der Waals surface area contributed by atoms with Gasteiger partial charge in [-0.1, -0.05) is 48.5 Å². The molecule has 1 aromatic heterocycles. The molecule has 3 rings (SSSR count). The number of benzene rings is 2. The lowest BCUT2D eigenvalue weighted by atomic mass is 10.1. The first-order valence-corrected chi connectivity index (χ1v) is 8.68. The van der Waals surface area contributed by atoms with Gasteiger partial charge < -0.3 is 15.4 Å². The maximum atomic E-state index is 5.11. The van der Waals surface area contributed by atoms with E-state index < -0.39 is 0 Å². The lowest BCUT2D eigenvalue weighted by molar-refractivity contribution is 0.210. The average molecular weight is 348 g/mol. The number of methoxy groups -OCH3 is 1. The second kappa shape index (κ2) is 8.45. The lowest BCUT2D eigenvalue weighted by Crippen LogP contribution is -2.10. The van der Waals surface area contributed by atoms with E-state index in [4.69, 9.17) is 9.72 Å². The van der Waals surface area contributed by atoms with Crippen molar-refractivity contribution in [1.82, 2.24) is 9.97 Å². The molecule has 5 heteroatoms. The number of anilines is 3. The van der Waals surface area contributed by atoms with Crippen LogP contribution in [-0.2, 0) is 4.74 Å². The van der Waals surface area contributed by atoms with Gasteiger partial charge >= 0.3 is 0 Å². The summed E-state index contributed by atoms with van der Waals surface area (Å²) in [6.45, 7) is 5.46. The van der Waals surface area contributed by atoms with Crippen LogP contribution >= 0.6 is 0 Å². The van der Waals surface area contributed by atoms with E-state index in [-0.39, 0.29) is 0 Å². The molecule has 0 saturated heterocycles. The van der Waals surface area contributed by atoms with Crippen molar-refractivity contribution in [3.8, 4) is 11.3 Å². The summed E-state index contributed by atoms with van der Waals surface area (Å²) >= 11 is 0. The van der Waals surface area contributed by atoms with Crippen LogP contribution in [0.5, 0.6) is 0 Å². The van der Waals surface area contributed by atoms with Gasteiger partial charge in [-0.15, -0.1) is 0 Å². The minimum atomic E-state index is 0.573. The minimum Gasteiger partial charge on any atom is -0.383 e. The highest BCUT2D eigenvalue weighted by Crippen LogP contribution is 2.26. The molecule has 0 saturated carbocycles. The van der Waals surface area contributed by atoms with E-state index in [1.165, 1.54) is 0 Å². The maximum Gasteiger partial charge on any atom is 0.229 e. The van der Waals surface area contributed by atoms with Crippen molar-refractivity contribution in [3.05, 3.63) is 65.7 Å². The molecule has 0 fully saturated rings. The first-order valence-electron chi connectivity index (χ1n) is 8.68. The highest BCUT2D eigenvalue weighted by molar-refractivity contribution is 5.68. The van der Waals surface area contributed by atoms with Gasteiger partial charge in [0.05, 0.1) is 12.3 Å². The molecule has 0 unspecified atom stereocenters. The number of nitrogens with zero attached hydrogens (tertiary/aromatic N) is 2. The largest absolute Gasteiger partial charge is 0.383 e. The quantitative estimate of drug-likeness (QED) is 0.613. The molecule has 1 heterocycles. The van der Waals surface area contributed by atoms with E-state index in [9.17, 15) is 0 Å². The Balaban J connectivity index is 1.96. The van der Waals surface area contributed by atoms with E-state index in [1.807, 2.05) is 36.4 Å². The number of para-hydroxylation sites is 1. The zero-order valence-corrected chi connectivity index (χ0v) is 15.4. The van der Waals surface area contributed by atoms with Crippen LogP contribution in [0.25, 0.3) is 11.3 Å². The molecule has 0 aliphatic rings. The Bertz CT molecular complexity index is 845. The van der Waals surface area contributed by atoms with Gasteiger partial charge in [0.15, 0.2) is 0 Å². The SMILES string of the molecule is COCCNc1cc(-c2ccccc2)nc(Nc2c(C)cccc2C)n1. The van der Waals surface area contributed by atoms with Gasteiger partial charge in [0.1, 0.15) is 5.82 Å². The van der Waals surface area contributed by atoms with Crippen LogP contribution in [0.2, 0.25) is 0 Å². The van der Waals surface area contributed by atoms with Crippen molar-refractivity contribution in [2.75, 3.05) is 30.9 Å². The number of rotatable bonds is 7. The summed E-state index contributed by atoms with van der Waals surface area (Å²) in [4.78, 5) is 9.34. The van der Waals surface area contributed by atoms with Gasteiger partial charge in [0.25, 0.3) is 0 Å². The molecule has 0 aliphatic heterocycles. The number of nitrogens with one attached hydrogen (secondary N) is 2. The van der Waals surface area contributed by atoms with Crippen LogP contribution in [0.1, 0.15) is 11.1 Å². The van der Waals surface area contributed by atoms with E-state index in [2.05, 4.69) is 47.7 Å². The Morgan fingerprint density at radius 1 is 0.923 bits per heavy atom. The molecular weight excluding hydrogens is 324 g/mol. The Morgan fingerprint density at radius 2 is 1.65 bits per heavy atom. The van der Waals surface area contributed by atoms with Gasteiger partial charge in [-0.2, -0.15) is 4.98 Å². The van der Waals surface area contributed by atoms with Crippen molar-refractivity contribution < 1.29 is 4.74 Å². The Labute approximate surface area is 154 Å². The van der Waals surface area contributed by atoms with E-state index >= 15 is 0 Å². The van der Waals surface area contributed by atoms with Gasteiger partial charge in [0.2, 0.25) is 5.95 Å². The molecule has 5 nitrogen and oxygen atoms in total. The van der Waals surface area contributed by atoms with E-state index in [0.717, 1.165) is 33.9 Å². The van der Waals surface area contributed by atoms with Crippen molar-refractivity contribution >= 4 is 17.5 Å². The molecule has 3 aromatic rings. The van der Waals surface area contributed by atoms with Crippen molar-refractivity contribution in [1.29, 1.82) is 0 Å². The number of hydrogen-bond donors (Lipinski definition) is 2. The highest BCUT2D eigenvalue weighted by Gasteiger charge is 2.09. The van der Waals surface area contributed by atoms with Crippen molar-refractivity contribution in [3.63, 3.8) is 0 Å². The summed E-state index contributed by atoms with van der Waals surface area (Å²) in [5.74, 6) is 1.34. The molecular formula is C21H24N4O. The second-order valence-corrected chi connectivity index (χ2v) is 6.14. The normalized spacial score (nSPS) is 10.6. The molecule has 26 heavy (non-hydrogen) atoms. The van der Waals surface area contributed by atoms with Gasteiger partial charge in [0, 0.05) is 31.0 Å². The third-order valence-electron chi connectivity index (χ3n) is 4.13. The van der Waals surface area contributed by atoms with Crippen LogP contribution in [-0.4, -0.2) is 30.2 Å². The average Bonchev–Trinajstić information content (AvgIpc) is 2.66. The zero-order valence-electron chi connectivity index (χ0n) is 15.4. The first-order chi connectivity index (χ1) is 12.7. The summed E-state index contributed by atoms with van der Waals surface area (Å²) in [5, 5.41) is 6.68. The number of hydrogen-bond acceptors (Lipinski definition) is 5. The predicted molar refractivity (Wildman–Crippen MR) is 107 cm³/mol. The van der Waals surface area contributed by atoms with Crippen LogP contribution in [0.4, 0.5) is 17.5 Å². The topological polar surface area (TPSA) is 59.1 Å². The van der Waals surface area contributed by atoms with Gasteiger partial charge in [-0.05, 0) is 25.0 Å². The third-order valence-corrected chi connectivity index (χ3v) is 4.13. The Hall–Kier alpha value is -2.92. The fourth-order valence-corrected chi connectivity index (χ4v) is 2.76. The summed E-state index contributed by atoms with van der Waals surface area (Å²) < 4.78 is 5.11. The highest BCUT2D eigenvalue weighted by atomic mass is 16.5. The van der Waals surface area contributed by atoms with E-state index in [1.54, 1.807) is 7.11 Å². The minimum absolute atomic E-state index is 0.573. The standard InChI is InChI=1S/C21H24N4O/c1-15-8-7-9-16(2)20(15)25-21-23-18(17-10-5-4-6-11-17)14-19(24-21)22-12-13-26-3/h4-11,14H,12-13H2,1-3H3,(H2,22,23,24,25). The molecule has 0 amide bonds. The van der Waals surface area contributed by atoms with Crippen LogP contribution in [0.15, 0.2) is 54.6 Å². The van der Waals surface area contributed by atoms with Gasteiger partial charge in [-0.25, -0.2) is 4.98 Å². The molecule has 0 radical (unpaired) electrons. The van der Waals surface area contributed by atoms with Crippen LogP contribution in [0.3, 0.4) is 0 Å². The van der Waals surface area contributed by atoms with Crippen LogP contribution in [0, 0.1) is 13.8 Å². The summed E-state index contributed by atoms with van der Waals surface area (Å²) in [7, 11) is 1.69. The fraction of sp³-hybridized carbons (Fsp3) is 0.238. The summed E-state index contributed by atoms with van der Waals surface area (Å²) in [6.07, 6.45) is 0. The van der Waals surface area contributed by atoms with Crippen molar-refractivity contribution in [2.45, 2.75) is 13.8 Å². The summed E-state index contributed by atoms with van der Waals surface area (Å²) in [6, 6.07) is 18.3. The zero-order chi connectivity index (χ0) is 18.4. The summed E-state index contributed by atoms with van der Waals surface area (Å²) in [5.41, 5.74) is 5.28. The number of ether oxygens (including phenoxy) is 1. The van der Waals surface area contributed by atoms with Crippen LogP contribution < -0.4 is 10.6 Å². The number of aryl methyl sites for hydroxylation is 2. The number of aromatic nitrogens is 2. The molecule has 0 bridgehead atoms. The molecule has 0 aliphatic carbocycles. The molecule has 2 aromatic carbocycles. The first kappa shape index (κ1) is 17.9. The molecule has 134 valence electrons. The second-order valence-electron chi connectivity index (χ2n) is 6.14. The molecule has 0 atom stereocenters. The monoisotopic (exact) mass is 348 g/mol.